The molecule has 0 saturated carbocycles. The van der Waals surface area contributed by atoms with Crippen molar-refractivity contribution in [2.24, 2.45) is 0 Å². The van der Waals surface area contributed by atoms with Gasteiger partial charge < -0.3 is 9.73 Å². The fourth-order valence-electron chi connectivity index (χ4n) is 2.76. The summed E-state index contributed by atoms with van der Waals surface area (Å²) in [5, 5.41) is 10.9. The second-order valence-corrected chi connectivity index (χ2v) is 6.09. The number of hydrogen-bond donors (Lipinski definition) is 2. The molecular weight excluding hydrogens is 366 g/mol. The van der Waals surface area contributed by atoms with Crippen LogP contribution in [0, 0.1) is 6.92 Å². The fraction of sp³-hybridized carbons (Fsp3) is 0.158. The normalized spacial score (nSPS) is 11.8. The molecule has 1 unspecified atom stereocenters. The molecule has 1 atom stereocenters. The Hall–Kier alpha value is -3.19. The summed E-state index contributed by atoms with van der Waals surface area (Å²) in [6.45, 7) is 3.73. The largest absolute Gasteiger partial charge is 0.461 e. The Morgan fingerprint density at radius 3 is 2.89 bits per heavy atom. The molecule has 0 aliphatic rings. The van der Waals surface area contributed by atoms with Gasteiger partial charge in [0.25, 0.3) is 5.91 Å². The monoisotopic (exact) mass is 383 g/mol. The third-order valence-corrected chi connectivity index (χ3v) is 4.08. The Balaban J connectivity index is 0.00000210. The summed E-state index contributed by atoms with van der Waals surface area (Å²) in [6, 6.07) is 10.7. The highest BCUT2D eigenvalue weighted by atomic mass is 35.5. The van der Waals surface area contributed by atoms with E-state index in [9.17, 15) is 4.79 Å². The second-order valence-electron chi connectivity index (χ2n) is 6.09. The van der Waals surface area contributed by atoms with E-state index in [2.05, 4.69) is 25.5 Å². The molecule has 0 bridgehead atoms. The lowest BCUT2D eigenvalue weighted by Crippen LogP contribution is -2.27. The van der Waals surface area contributed by atoms with Crippen molar-refractivity contribution in [3.63, 3.8) is 0 Å². The number of halogens is 1. The fourth-order valence-corrected chi connectivity index (χ4v) is 2.76. The first-order valence-electron chi connectivity index (χ1n) is 8.24. The Kier molecular flexibility index (Phi) is 5.23. The first-order valence-corrected chi connectivity index (χ1v) is 8.24. The van der Waals surface area contributed by atoms with Gasteiger partial charge in [-0.05, 0) is 50.2 Å². The Morgan fingerprint density at radius 2 is 2.11 bits per heavy atom. The van der Waals surface area contributed by atoms with Crippen molar-refractivity contribution in [1.82, 2.24) is 25.5 Å². The molecule has 7 nitrogen and oxygen atoms in total. The molecule has 1 amide bonds. The van der Waals surface area contributed by atoms with Crippen LogP contribution in [0.25, 0.3) is 22.4 Å². The van der Waals surface area contributed by atoms with Crippen LogP contribution in [0.5, 0.6) is 0 Å². The van der Waals surface area contributed by atoms with Crippen LogP contribution in [0.3, 0.4) is 0 Å². The van der Waals surface area contributed by atoms with Crippen LogP contribution in [0.15, 0.2) is 53.2 Å². The summed E-state index contributed by atoms with van der Waals surface area (Å²) in [5.41, 5.74) is 2.15. The number of benzene rings is 1. The summed E-state index contributed by atoms with van der Waals surface area (Å²) < 4.78 is 5.54. The number of H-pyrrole nitrogens is 1. The van der Waals surface area contributed by atoms with E-state index < -0.39 is 0 Å². The van der Waals surface area contributed by atoms with Crippen LogP contribution in [-0.4, -0.2) is 26.1 Å². The molecule has 4 rings (SSSR count). The molecule has 1 aromatic carbocycles. The van der Waals surface area contributed by atoms with Crippen LogP contribution < -0.4 is 5.32 Å². The van der Waals surface area contributed by atoms with Gasteiger partial charge >= 0.3 is 0 Å². The van der Waals surface area contributed by atoms with Gasteiger partial charge in [-0.1, -0.05) is 0 Å². The first-order chi connectivity index (χ1) is 12.6. The number of amides is 1. The van der Waals surface area contributed by atoms with E-state index in [1.807, 2.05) is 38.1 Å². The standard InChI is InChI=1S/C19H17N5O2.ClH/c1-11-8-15-9-13(5-6-16(15)26-11)19(25)21-12(2)17-22-18(24-23-17)14-4-3-7-20-10-14;/h3-10,12H,1-2H3,(H,21,25)(H,22,23,24);1H. The number of nitrogens with zero attached hydrogens (tertiary/aromatic N) is 3. The van der Waals surface area contributed by atoms with E-state index in [0.29, 0.717) is 17.2 Å². The zero-order valence-corrected chi connectivity index (χ0v) is 15.6. The van der Waals surface area contributed by atoms with E-state index in [4.69, 9.17) is 4.42 Å². The number of rotatable bonds is 4. The number of hydrogen-bond acceptors (Lipinski definition) is 5. The van der Waals surface area contributed by atoms with Gasteiger partial charge in [0, 0.05) is 28.9 Å². The van der Waals surface area contributed by atoms with Gasteiger partial charge in [-0.15, -0.1) is 12.4 Å². The number of aromatic nitrogens is 4. The lowest BCUT2D eigenvalue weighted by atomic mass is 10.1. The van der Waals surface area contributed by atoms with Crippen LogP contribution >= 0.6 is 12.4 Å². The molecule has 2 N–H and O–H groups in total. The quantitative estimate of drug-likeness (QED) is 0.558. The minimum atomic E-state index is -0.317. The highest BCUT2D eigenvalue weighted by Gasteiger charge is 2.16. The van der Waals surface area contributed by atoms with Gasteiger partial charge in [0.15, 0.2) is 5.82 Å². The Labute approximate surface area is 161 Å². The second kappa shape index (κ2) is 7.59. The van der Waals surface area contributed by atoms with Gasteiger partial charge in [-0.2, -0.15) is 5.10 Å². The zero-order valence-electron chi connectivity index (χ0n) is 14.8. The molecule has 138 valence electrons. The molecule has 0 radical (unpaired) electrons. The number of carbonyl (C=O) groups excluding carboxylic acids is 1. The molecule has 27 heavy (non-hydrogen) atoms. The van der Waals surface area contributed by atoms with Crippen molar-refractivity contribution < 1.29 is 9.21 Å². The predicted molar refractivity (Wildman–Crippen MR) is 104 cm³/mol. The summed E-state index contributed by atoms with van der Waals surface area (Å²) in [7, 11) is 0. The zero-order chi connectivity index (χ0) is 18.1. The van der Waals surface area contributed by atoms with Gasteiger partial charge in [-0.3, -0.25) is 14.9 Å². The number of fused-ring (bicyclic) bond motifs is 1. The van der Waals surface area contributed by atoms with E-state index >= 15 is 0 Å². The SMILES string of the molecule is Cc1cc2cc(C(=O)NC(C)c3nc(-c4cccnc4)n[nH]3)ccc2o1.Cl. The van der Waals surface area contributed by atoms with Gasteiger partial charge in [0.2, 0.25) is 0 Å². The minimum absolute atomic E-state index is 0. The molecule has 0 spiro atoms. The van der Waals surface area contributed by atoms with Crippen LogP contribution in [0.1, 0.15) is 34.9 Å². The smallest absolute Gasteiger partial charge is 0.251 e. The minimum Gasteiger partial charge on any atom is -0.461 e. The van der Waals surface area contributed by atoms with E-state index in [0.717, 1.165) is 22.3 Å². The average Bonchev–Trinajstić information content (AvgIpc) is 3.27. The Morgan fingerprint density at radius 1 is 1.26 bits per heavy atom. The van der Waals surface area contributed by atoms with Crippen LogP contribution in [0.2, 0.25) is 0 Å². The predicted octanol–water partition coefficient (Wildman–Crippen LogP) is 3.83. The van der Waals surface area contributed by atoms with Crippen molar-refractivity contribution in [3.05, 3.63) is 65.9 Å². The van der Waals surface area contributed by atoms with Crippen molar-refractivity contribution in [1.29, 1.82) is 0 Å². The third-order valence-electron chi connectivity index (χ3n) is 4.08. The number of pyridine rings is 1. The molecule has 8 heteroatoms. The maximum Gasteiger partial charge on any atom is 0.251 e. The number of nitrogens with one attached hydrogen (secondary N) is 2. The van der Waals surface area contributed by atoms with Crippen molar-refractivity contribution in [3.8, 4) is 11.4 Å². The molecular formula is C19H18ClN5O2. The summed E-state index contributed by atoms with van der Waals surface area (Å²) in [6.07, 6.45) is 3.39. The van der Waals surface area contributed by atoms with Crippen molar-refractivity contribution >= 4 is 29.3 Å². The topological polar surface area (TPSA) is 96.7 Å². The van der Waals surface area contributed by atoms with Gasteiger partial charge in [0.1, 0.15) is 17.2 Å². The van der Waals surface area contributed by atoms with E-state index in [1.54, 1.807) is 24.5 Å². The van der Waals surface area contributed by atoms with E-state index in [-0.39, 0.29) is 24.4 Å². The summed E-state index contributed by atoms with van der Waals surface area (Å²) in [5.74, 6) is 1.76. The molecule has 0 aliphatic carbocycles. The van der Waals surface area contributed by atoms with E-state index in [1.165, 1.54) is 0 Å². The van der Waals surface area contributed by atoms with Gasteiger partial charge in [0.05, 0.1) is 6.04 Å². The molecule has 3 heterocycles. The summed E-state index contributed by atoms with van der Waals surface area (Å²) in [4.78, 5) is 21.0. The van der Waals surface area contributed by atoms with Crippen molar-refractivity contribution in [2.45, 2.75) is 19.9 Å². The highest BCUT2D eigenvalue weighted by molar-refractivity contribution is 5.98. The molecule has 0 fully saturated rings. The lowest BCUT2D eigenvalue weighted by molar-refractivity contribution is 0.0938. The van der Waals surface area contributed by atoms with Crippen LogP contribution in [0.4, 0.5) is 0 Å². The third kappa shape index (κ3) is 3.83. The van der Waals surface area contributed by atoms with Crippen LogP contribution in [-0.2, 0) is 0 Å². The number of aryl methyl sites for hydroxylation is 1. The number of furan rings is 1. The molecule has 0 aliphatic heterocycles. The average molecular weight is 384 g/mol. The van der Waals surface area contributed by atoms with Gasteiger partial charge in [-0.25, -0.2) is 4.98 Å². The van der Waals surface area contributed by atoms with Crippen molar-refractivity contribution in [2.75, 3.05) is 0 Å². The highest BCUT2D eigenvalue weighted by Crippen LogP contribution is 2.21. The molecule has 0 saturated heterocycles. The molecule has 3 aromatic heterocycles. The summed E-state index contributed by atoms with van der Waals surface area (Å²) >= 11 is 0. The maximum atomic E-state index is 12.5. The number of carbonyl (C=O) groups is 1. The number of aromatic amines is 1. The lowest BCUT2D eigenvalue weighted by Gasteiger charge is -2.11. The maximum absolute atomic E-state index is 12.5. The Bertz CT molecular complexity index is 1070. The molecule has 4 aromatic rings. The first kappa shape index (κ1) is 18.6.